The second kappa shape index (κ2) is 11.8. The molecule has 0 nitrogen and oxygen atoms in total. The van der Waals surface area contributed by atoms with Gasteiger partial charge in [0, 0.05) is 0 Å². The molecule has 0 saturated carbocycles. The second-order valence-corrected chi connectivity index (χ2v) is 6.16. The van der Waals surface area contributed by atoms with Gasteiger partial charge < -0.3 is 0 Å². The first kappa shape index (κ1) is 22.3. The first-order valence-electron chi connectivity index (χ1n) is 7.70. The summed E-state index contributed by atoms with van der Waals surface area (Å²) in [5, 5.41) is 1.17. The van der Waals surface area contributed by atoms with Crippen LogP contribution in [0.15, 0.2) is 59.2 Å². The molecule has 3 rings (SSSR count). The predicted octanol–water partition coefficient (Wildman–Crippen LogP) is 4.81. The Morgan fingerprint density at radius 1 is 1.09 bits per heavy atom. The fourth-order valence-electron chi connectivity index (χ4n) is 2.07. The second-order valence-electron chi connectivity index (χ2n) is 5.62. The molecule has 0 saturated heterocycles. The van der Waals surface area contributed by atoms with Gasteiger partial charge in [-0.25, -0.2) is 17.7 Å². The smallest absolute Gasteiger partial charge is 0.273 e. The van der Waals surface area contributed by atoms with Crippen molar-refractivity contribution in [3.63, 3.8) is 0 Å². The zero-order valence-corrected chi connectivity index (χ0v) is 18.3. The summed E-state index contributed by atoms with van der Waals surface area (Å²) in [6.07, 6.45) is 13.4. The molecular formula is C21H25SiZr. The first-order valence-corrected chi connectivity index (χ1v) is 8.20. The van der Waals surface area contributed by atoms with Gasteiger partial charge in [0.25, 0.3) is 0 Å². The van der Waals surface area contributed by atoms with Gasteiger partial charge >= 0.3 is 26.2 Å². The maximum atomic E-state index is 3.44. The fraction of sp³-hybridized carbons (Fsp3) is 0.333. The summed E-state index contributed by atoms with van der Waals surface area (Å²) in [6, 6.07) is 8.14. The molecule has 2 heteroatoms. The van der Waals surface area contributed by atoms with E-state index in [9.17, 15) is 0 Å². The summed E-state index contributed by atoms with van der Waals surface area (Å²) < 4.78 is 0. The number of benzene rings is 1. The topological polar surface area (TPSA) is 0 Å². The van der Waals surface area contributed by atoms with Crippen molar-refractivity contribution in [1.29, 1.82) is 0 Å². The van der Waals surface area contributed by atoms with Gasteiger partial charge in [-0.2, -0.15) is 17.2 Å². The molecule has 0 fully saturated rings. The van der Waals surface area contributed by atoms with Crippen molar-refractivity contribution in [2.45, 2.75) is 41.0 Å². The van der Waals surface area contributed by atoms with E-state index in [4.69, 9.17) is 0 Å². The van der Waals surface area contributed by atoms with Gasteiger partial charge in [0.15, 0.2) is 0 Å². The van der Waals surface area contributed by atoms with Crippen LogP contribution in [0.1, 0.15) is 39.7 Å². The van der Waals surface area contributed by atoms with E-state index in [1.165, 1.54) is 27.5 Å². The quantitative estimate of drug-likeness (QED) is 0.436. The third-order valence-corrected chi connectivity index (χ3v) is 4.53. The van der Waals surface area contributed by atoms with E-state index in [1.54, 1.807) is 0 Å². The van der Waals surface area contributed by atoms with Crippen LogP contribution in [0.4, 0.5) is 0 Å². The maximum Gasteiger partial charge on any atom is 2.00 e. The third-order valence-electron chi connectivity index (χ3n) is 3.97. The predicted molar refractivity (Wildman–Crippen MR) is 98.1 cm³/mol. The molecule has 117 valence electrons. The molecule has 0 aliphatic heterocycles. The third kappa shape index (κ3) is 8.08. The van der Waals surface area contributed by atoms with E-state index in [1.807, 2.05) is 30.4 Å². The Kier molecular flexibility index (Phi) is 11.4. The molecule has 0 bridgehead atoms. The molecular weight excluding hydrogens is 372 g/mol. The monoisotopic (exact) mass is 395 g/mol. The average molecular weight is 397 g/mol. The molecule has 1 atom stereocenters. The maximum absolute atomic E-state index is 3.44. The zero-order chi connectivity index (χ0) is 16.5. The number of hydrogen-bond donors (Lipinski definition) is 0. The van der Waals surface area contributed by atoms with E-state index in [2.05, 4.69) is 69.2 Å². The van der Waals surface area contributed by atoms with Gasteiger partial charge in [-0.3, -0.25) is 12.2 Å². The summed E-state index contributed by atoms with van der Waals surface area (Å²) >= 11 is 0. The van der Waals surface area contributed by atoms with Crippen molar-refractivity contribution >= 4 is 15.4 Å². The number of allylic oxidation sites excluding steroid dienone is 8. The molecule has 0 aromatic heterocycles. The Morgan fingerprint density at radius 3 is 1.96 bits per heavy atom. The van der Waals surface area contributed by atoms with Crippen LogP contribution in [0.25, 0.3) is 0 Å². The van der Waals surface area contributed by atoms with E-state index in [-0.39, 0.29) is 26.2 Å². The summed E-state index contributed by atoms with van der Waals surface area (Å²) in [5.74, 6) is 0.560. The Bertz CT molecular complexity index is 575. The van der Waals surface area contributed by atoms with Crippen LogP contribution in [0.5, 0.6) is 0 Å². The summed E-state index contributed by atoms with van der Waals surface area (Å²) in [7, 11) is 3.44. The summed E-state index contributed by atoms with van der Waals surface area (Å²) in [5.41, 5.74) is 5.53. The summed E-state index contributed by atoms with van der Waals surface area (Å²) in [4.78, 5) is 0. The largest absolute Gasteiger partial charge is 2.00 e. The minimum atomic E-state index is 0. The van der Waals surface area contributed by atoms with Crippen molar-refractivity contribution in [3.8, 4) is 0 Å². The molecule has 0 spiro atoms. The van der Waals surface area contributed by atoms with Gasteiger partial charge in [-0.15, -0.1) is 13.3 Å². The van der Waals surface area contributed by atoms with Gasteiger partial charge in [0.05, 0.1) is 10.2 Å². The van der Waals surface area contributed by atoms with Crippen molar-refractivity contribution < 1.29 is 26.2 Å². The molecule has 2 aliphatic rings. The Balaban J connectivity index is 0.000000320. The van der Waals surface area contributed by atoms with E-state index >= 15 is 0 Å². The van der Waals surface area contributed by atoms with Crippen molar-refractivity contribution in [2.24, 2.45) is 5.92 Å². The Morgan fingerprint density at radius 2 is 1.74 bits per heavy atom. The SMILES string of the molecule is CC1=[C-]C(C)C(C)=C1C.Cc1ccccc1[Si].[C-]1=CC=CC1.[Zr+2]. The van der Waals surface area contributed by atoms with Gasteiger partial charge in [-0.1, -0.05) is 61.7 Å². The fourth-order valence-corrected chi connectivity index (χ4v) is 2.25. The van der Waals surface area contributed by atoms with Crippen molar-refractivity contribution in [2.75, 3.05) is 0 Å². The standard InChI is InChI=1S/C9H13.C7H7Si.C5H5.Zr/c1-6-5-7(2)9(4)8(6)3;1-6-4-2-3-5-7(6)8;1-2-4-5-3-1;/h6H,1-4H3;2-5H,1H3;1-3H,4H2;/q-1;;-1;+2. The number of aryl methyl sites for hydroxylation is 1. The van der Waals surface area contributed by atoms with Crippen LogP contribution in [0.3, 0.4) is 0 Å². The van der Waals surface area contributed by atoms with E-state index in [0.717, 1.165) is 6.42 Å². The molecule has 3 radical (unpaired) electrons. The normalized spacial score (nSPS) is 17.7. The number of hydrogen-bond acceptors (Lipinski definition) is 0. The van der Waals surface area contributed by atoms with Crippen LogP contribution >= 0.6 is 0 Å². The van der Waals surface area contributed by atoms with Gasteiger partial charge in [0.2, 0.25) is 0 Å². The molecule has 0 amide bonds. The Hall–Kier alpha value is -0.720. The zero-order valence-electron chi connectivity index (χ0n) is 14.8. The van der Waals surface area contributed by atoms with Crippen LogP contribution in [0, 0.1) is 25.0 Å². The molecule has 1 aromatic rings. The molecule has 2 aliphatic carbocycles. The first-order chi connectivity index (χ1) is 10.4. The molecule has 23 heavy (non-hydrogen) atoms. The van der Waals surface area contributed by atoms with E-state index < -0.39 is 0 Å². The van der Waals surface area contributed by atoms with Crippen LogP contribution in [-0.4, -0.2) is 10.2 Å². The minimum absolute atomic E-state index is 0. The number of rotatable bonds is 0. The molecule has 0 heterocycles. The van der Waals surface area contributed by atoms with E-state index in [0.29, 0.717) is 5.92 Å². The van der Waals surface area contributed by atoms with Crippen molar-refractivity contribution in [1.82, 2.24) is 0 Å². The summed E-state index contributed by atoms with van der Waals surface area (Å²) in [6.45, 7) is 10.7. The van der Waals surface area contributed by atoms with Gasteiger partial charge in [0.1, 0.15) is 0 Å². The van der Waals surface area contributed by atoms with Crippen LogP contribution in [-0.2, 0) is 26.2 Å². The average Bonchev–Trinajstić information content (AvgIpc) is 3.14. The minimum Gasteiger partial charge on any atom is -0.273 e. The molecule has 1 unspecified atom stereocenters. The Labute approximate surface area is 165 Å². The van der Waals surface area contributed by atoms with Gasteiger partial charge in [-0.05, 0) is 6.92 Å². The molecule has 1 aromatic carbocycles. The van der Waals surface area contributed by atoms with Crippen LogP contribution in [0.2, 0.25) is 0 Å². The molecule has 0 N–H and O–H groups in total. The van der Waals surface area contributed by atoms with Crippen LogP contribution < -0.4 is 5.19 Å². The van der Waals surface area contributed by atoms with Crippen molar-refractivity contribution in [3.05, 3.63) is 76.9 Å².